The number of H-pyrrole nitrogens is 1. The summed E-state index contributed by atoms with van der Waals surface area (Å²) >= 11 is 0. The van der Waals surface area contributed by atoms with Crippen molar-refractivity contribution in [3.05, 3.63) is 48.9 Å². The fourth-order valence-corrected chi connectivity index (χ4v) is 3.18. The SMILES string of the molecule is COCCOCCOc1ccc2c(-c3c[nH]c4c(N)cccc34)ncnc2c1. The average Bonchev–Trinajstić information content (AvgIpc) is 3.15. The molecule has 0 fully saturated rings. The van der Waals surface area contributed by atoms with Gasteiger partial charge in [-0.25, -0.2) is 9.97 Å². The highest BCUT2D eigenvalue weighted by atomic mass is 16.5. The van der Waals surface area contributed by atoms with E-state index in [1.54, 1.807) is 13.4 Å². The maximum atomic E-state index is 6.07. The number of nitrogens with zero attached hydrogens (tertiary/aromatic N) is 2. The molecule has 0 aliphatic carbocycles. The summed E-state index contributed by atoms with van der Waals surface area (Å²) in [5, 5.41) is 1.99. The van der Waals surface area contributed by atoms with E-state index in [4.69, 9.17) is 19.9 Å². The van der Waals surface area contributed by atoms with E-state index in [1.807, 2.05) is 42.6 Å². The molecule has 0 bridgehead atoms. The largest absolute Gasteiger partial charge is 0.491 e. The quantitative estimate of drug-likeness (QED) is 0.360. The third kappa shape index (κ3) is 3.62. The van der Waals surface area contributed by atoms with Gasteiger partial charge in [0.15, 0.2) is 0 Å². The van der Waals surface area contributed by atoms with Crippen molar-refractivity contribution in [2.45, 2.75) is 0 Å². The minimum atomic E-state index is 0.467. The number of nitrogens with two attached hydrogens (primary N) is 1. The first-order valence-corrected chi connectivity index (χ1v) is 9.08. The molecule has 0 aliphatic heterocycles. The van der Waals surface area contributed by atoms with Gasteiger partial charge in [-0.2, -0.15) is 0 Å². The lowest BCUT2D eigenvalue weighted by Gasteiger charge is -2.09. The van der Waals surface area contributed by atoms with E-state index in [-0.39, 0.29) is 0 Å². The first-order chi connectivity index (χ1) is 13.8. The molecule has 0 atom stereocenters. The van der Waals surface area contributed by atoms with Crippen molar-refractivity contribution in [2.75, 3.05) is 39.3 Å². The molecule has 4 rings (SSSR count). The van der Waals surface area contributed by atoms with Gasteiger partial charge in [-0.1, -0.05) is 12.1 Å². The highest BCUT2D eigenvalue weighted by molar-refractivity contribution is 6.05. The lowest BCUT2D eigenvalue weighted by Crippen LogP contribution is -2.10. The molecule has 0 radical (unpaired) electrons. The number of aromatic amines is 1. The predicted molar refractivity (Wildman–Crippen MR) is 109 cm³/mol. The molecule has 2 aromatic heterocycles. The van der Waals surface area contributed by atoms with E-state index in [9.17, 15) is 0 Å². The van der Waals surface area contributed by atoms with Crippen molar-refractivity contribution < 1.29 is 14.2 Å². The number of benzene rings is 2. The zero-order valence-corrected chi connectivity index (χ0v) is 15.6. The Labute approximate surface area is 162 Å². The average molecular weight is 378 g/mol. The van der Waals surface area contributed by atoms with Crippen LogP contribution in [0.1, 0.15) is 0 Å². The number of nitrogen functional groups attached to an aromatic ring is 1. The van der Waals surface area contributed by atoms with Crippen LogP contribution in [0.5, 0.6) is 5.75 Å². The number of rotatable bonds is 8. The molecule has 0 saturated heterocycles. The highest BCUT2D eigenvalue weighted by Crippen LogP contribution is 2.34. The van der Waals surface area contributed by atoms with Crippen molar-refractivity contribution in [1.82, 2.24) is 15.0 Å². The number of ether oxygens (including phenoxy) is 3. The number of hydrogen-bond acceptors (Lipinski definition) is 6. The van der Waals surface area contributed by atoms with Gasteiger partial charge < -0.3 is 24.9 Å². The molecule has 0 aliphatic rings. The molecule has 28 heavy (non-hydrogen) atoms. The smallest absolute Gasteiger partial charge is 0.121 e. The van der Waals surface area contributed by atoms with Gasteiger partial charge in [-0.3, -0.25) is 0 Å². The molecular formula is C21H22N4O3. The number of aromatic nitrogens is 3. The number of methoxy groups -OCH3 is 1. The minimum Gasteiger partial charge on any atom is -0.491 e. The topological polar surface area (TPSA) is 95.3 Å². The zero-order chi connectivity index (χ0) is 19.3. The molecule has 0 amide bonds. The van der Waals surface area contributed by atoms with Gasteiger partial charge in [0.25, 0.3) is 0 Å². The third-order valence-electron chi connectivity index (χ3n) is 4.54. The van der Waals surface area contributed by atoms with E-state index in [2.05, 4.69) is 15.0 Å². The number of hydrogen-bond donors (Lipinski definition) is 2. The number of fused-ring (bicyclic) bond motifs is 2. The zero-order valence-electron chi connectivity index (χ0n) is 15.6. The van der Waals surface area contributed by atoms with Crippen molar-refractivity contribution >= 4 is 27.5 Å². The lowest BCUT2D eigenvalue weighted by molar-refractivity contribution is 0.0544. The third-order valence-corrected chi connectivity index (χ3v) is 4.54. The van der Waals surface area contributed by atoms with Gasteiger partial charge >= 0.3 is 0 Å². The van der Waals surface area contributed by atoms with Crippen LogP contribution >= 0.6 is 0 Å². The van der Waals surface area contributed by atoms with E-state index in [0.717, 1.165) is 38.8 Å². The normalized spacial score (nSPS) is 11.3. The minimum absolute atomic E-state index is 0.467. The first kappa shape index (κ1) is 18.2. The van der Waals surface area contributed by atoms with Crippen LogP contribution in [0.25, 0.3) is 33.1 Å². The monoisotopic (exact) mass is 378 g/mol. The first-order valence-electron chi connectivity index (χ1n) is 9.08. The van der Waals surface area contributed by atoms with Crippen LogP contribution in [0.2, 0.25) is 0 Å². The fourth-order valence-electron chi connectivity index (χ4n) is 3.18. The summed E-state index contributed by atoms with van der Waals surface area (Å²) in [4.78, 5) is 12.2. The molecule has 3 N–H and O–H groups in total. The van der Waals surface area contributed by atoms with Gasteiger partial charge in [0.05, 0.1) is 42.2 Å². The van der Waals surface area contributed by atoms with Crippen LogP contribution in [0.4, 0.5) is 5.69 Å². The van der Waals surface area contributed by atoms with Gasteiger partial charge in [0.2, 0.25) is 0 Å². The molecule has 0 unspecified atom stereocenters. The number of anilines is 1. The van der Waals surface area contributed by atoms with Crippen LogP contribution in [0, 0.1) is 0 Å². The Bertz CT molecular complexity index is 1090. The standard InChI is InChI=1S/C21H22N4O3/c1-26-7-8-27-9-10-28-14-5-6-16-19(11-14)24-13-25-20(16)17-12-23-21-15(17)3-2-4-18(21)22/h2-6,11-13,23H,7-10,22H2,1H3. The van der Waals surface area contributed by atoms with Gasteiger partial charge in [0, 0.05) is 35.7 Å². The van der Waals surface area contributed by atoms with Crippen molar-refractivity contribution in [2.24, 2.45) is 0 Å². The van der Waals surface area contributed by atoms with Crippen LogP contribution < -0.4 is 10.5 Å². The van der Waals surface area contributed by atoms with E-state index in [1.165, 1.54) is 0 Å². The summed E-state index contributed by atoms with van der Waals surface area (Å²) < 4.78 is 16.1. The molecule has 0 saturated carbocycles. The second kappa shape index (κ2) is 8.24. The Hall–Kier alpha value is -3.16. The predicted octanol–water partition coefficient (Wildman–Crippen LogP) is 3.40. The Kier molecular flexibility index (Phi) is 5.36. The van der Waals surface area contributed by atoms with Crippen molar-refractivity contribution in [1.29, 1.82) is 0 Å². The van der Waals surface area contributed by atoms with E-state index < -0.39 is 0 Å². The Morgan fingerprint density at radius 1 is 1.00 bits per heavy atom. The van der Waals surface area contributed by atoms with Gasteiger partial charge in [0.1, 0.15) is 18.7 Å². The van der Waals surface area contributed by atoms with Crippen molar-refractivity contribution in [3.8, 4) is 17.0 Å². The van der Waals surface area contributed by atoms with Crippen LogP contribution in [-0.2, 0) is 9.47 Å². The molecular weight excluding hydrogens is 356 g/mol. The summed E-state index contributed by atoms with van der Waals surface area (Å²) in [6.07, 6.45) is 3.50. The Balaban J connectivity index is 1.58. The molecule has 144 valence electrons. The molecule has 4 aromatic rings. The van der Waals surface area contributed by atoms with Crippen LogP contribution in [0.3, 0.4) is 0 Å². The van der Waals surface area contributed by atoms with E-state index >= 15 is 0 Å². The summed E-state index contributed by atoms with van der Waals surface area (Å²) in [5.41, 5.74) is 10.4. The maximum absolute atomic E-state index is 6.07. The molecule has 7 nitrogen and oxygen atoms in total. The fraction of sp³-hybridized carbons (Fsp3) is 0.238. The second-order valence-corrected chi connectivity index (χ2v) is 6.33. The maximum Gasteiger partial charge on any atom is 0.121 e. The summed E-state index contributed by atoms with van der Waals surface area (Å²) in [5.74, 6) is 0.746. The lowest BCUT2D eigenvalue weighted by atomic mass is 10.1. The Morgan fingerprint density at radius 2 is 1.89 bits per heavy atom. The Morgan fingerprint density at radius 3 is 2.79 bits per heavy atom. The number of para-hydroxylation sites is 1. The summed E-state index contributed by atoms with van der Waals surface area (Å²) in [6.45, 7) is 2.11. The molecule has 0 spiro atoms. The molecule has 7 heteroatoms. The van der Waals surface area contributed by atoms with Gasteiger partial charge in [-0.05, 0) is 18.2 Å². The summed E-state index contributed by atoms with van der Waals surface area (Å²) in [7, 11) is 1.65. The van der Waals surface area contributed by atoms with E-state index in [0.29, 0.717) is 32.1 Å². The van der Waals surface area contributed by atoms with Gasteiger partial charge in [-0.15, -0.1) is 0 Å². The van der Waals surface area contributed by atoms with Crippen molar-refractivity contribution in [3.63, 3.8) is 0 Å². The van der Waals surface area contributed by atoms with Crippen LogP contribution in [0.15, 0.2) is 48.9 Å². The highest BCUT2D eigenvalue weighted by Gasteiger charge is 2.13. The second-order valence-electron chi connectivity index (χ2n) is 6.33. The number of nitrogens with one attached hydrogen (secondary N) is 1. The summed E-state index contributed by atoms with van der Waals surface area (Å²) in [6, 6.07) is 11.7. The molecule has 2 aromatic carbocycles. The van der Waals surface area contributed by atoms with Crippen LogP contribution in [-0.4, -0.2) is 48.5 Å². The molecule has 2 heterocycles.